The fourth-order valence-corrected chi connectivity index (χ4v) is 5.78. The van der Waals surface area contributed by atoms with Crippen molar-refractivity contribution in [1.29, 1.82) is 0 Å². The van der Waals surface area contributed by atoms with Gasteiger partial charge in [0.1, 0.15) is 0 Å². The Bertz CT molecular complexity index is 1180. The molecule has 0 spiro atoms. The largest absolute Gasteiger partial charge is 0.447 e. The zero-order chi connectivity index (χ0) is 29.7. The summed E-state index contributed by atoms with van der Waals surface area (Å²) in [5.74, 6) is -0.00267. The van der Waals surface area contributed by atoms with Crippen LogP contribution in [0.15, 0.2) is 42.5 Å². The lowest BCUT2D eigenvalue weighted by atomic mass is 9.89. The predicted octanol–water partition coefficient (Wildman–Crippen LogP) is 6.00. The molecular formula is C33H48N4O4. The molecule has 2 amide bonds. The Morgan fingerprint density at radius 1 is 1.02 bits per heavy atom. The van der Waals surface area contributed by atoms with Gasteiger partial charge in [-0.15, -0.1) is 0 Å². The summed E-state index contributed by atoms with van der Waals surface area (Å²) in [5.41, 5.74) is 5.12. The van der Waals surface area contributed by atoms with Crippen LogP contribution in [-0.2, 0) is 20.8 Å². The highest BCUT2D eigenvalue weighted by atomic mass is 16.6. The number of hydrogen-bond donors (Lipinski definition) is 2. The van der Waals surface area contributed by atoms with Gasteiger partial charge in [0.05, 0.1) is 24.5 Å². The third-order valence-corrected chi connectivity index (χ3v) is 7.81. The van der Waals surface area contributed by atoms with Gasteiger partial charge < -0.3 is 19.7 Å². The molecule has 0 aliphatic carbocycles. The number of rotatable bonds is 8. The van der Waals surface area contributed by atoms with Gasteiger partial charge in [-0.2, -0.15) is 0 Å². The van der Waals surface area contributed by atoms with Crippen LogP contribution in [0.4, 0.5) is 10.5 Å². The van der Waals surface area contributed by atoms with Crippen LogP contribution in [0.3, 0.4) is 0 Å². The minimum absolute atomic E-state index is 0.00267. The van der Waals surface area contributed by atoms with E-state index in [0.717, 1.165) is 54.9 Å². The van der Waals surface area contributed by atoms with Crippen molar-refractivity contribution < 1.29 is 19.1 Å². The number of nitrogens with zero attached hydrogens (tertiary/aromatic N) is 2. The zero-order valence-electron chi connectivity index (χ0n) is 25.8. The first kappa shape index (κ1) is 31.0. The summed E-state index contributed by atoms with van der Waals surface area (Å²) in [5, 5.41) is 6.58. The normalized spacial score (nSPS) is 20.1. The summed E-state index contributed by atoms with van der Waals surface area (Å²) in [6.45, 7) is 17.2. The smallest absolute Gasteiger partial charge is 0.407 e. The number of hydrogen-bond acceptors (Lipinski definition) is 6. The molecule has 8 nitrogen and oxygen atoms in total. The number of piperidine rings is 1. The van der Waals surface area contributed by atoms with Gasteiger partial charge in [-0.05, 0) is 108 Å². The third-order valence-electron chi connectivity index (χ3n) is 7.81. The van der Waals surface area contributed by atoms with E-state index in [1.54, 1.807) is 6.92 Å². The van der Waals surface area contributed by atoms with Crippen LogP contribution in [0.25, 0.3) is 11.1 Å². The first-order valence-electron chi connectivity index (χ1n) is 15.0. The summed E-state index contributed by atoms with van der Waals surface area (Å²) in [7, 11) is 0. The molecule has 0 saturated carbocycles. The van der Waals surface area contributed by atoms with E-state index >= 15 is 0 Å². The molecule has 2 aliphatic heterocycles. The van der Waals surface area contributed by atoms with Crippen LogP contribution in [0, 0.1) is 0 Å². The van der Waals surface area contributed by atoms with Crippen molar-refractivity contribution in [2.45, 2.75) is 104 Å². The van der Waals surface area contributed by atoms with E-state index < -0.39 is 6.09 Å². The van der Waals surface area contributed by atoms with Gasteiger partial charge in [-0.1, -0.05) is 30.3 Å². The van der Waals surface area contributed by atoms with Gasteiger partial charge in [0.2, 0.25) is 5.91 Å². The number of benzene rings is 2. The van der Waals surface area contributed by atoms with Gasteiger partial charge in [0.15, 0.2) is 0 Å². The number of anilines is 1. The Kier molecular flexibility index (Phi) is 10.1. The molecule has 1 saturated heterocycles. The molecule has 2 aromatic carbocycles. The van der Waals surface area contributed by atoms with Gasteiger partial charge in [0.25, 0.3) is 0 Å². The van der Waals surface area contributed by atoms with E-state index in [2.05, 4.69) is 72.7 Å². The number of ether oxygens (including phenoxy) is 2. The monoisotopic (exact) mass is 564 g/mol. The number of carbonyl (C=O) groups excluding carboxylic acids is 2. The fourth-order valence-electron chi connectivity index (χ4n) is 5.78. The minimum Gasteiger partial charge on any atom is -0.447 e. The highest BCUT2D eigenvalue weighted by Crippen LogP contribution is 2.39. The number of alkyl carbamates (subject to hydrolysis) is 1. The fraction of sp³-hybridized carbons (Fsp3) is 0.576. The molecule has 1 fully saturated rings. The first-order valence-corrected chi connectivity index (χ1v) is 15.0. The SMILES string of the molecule is CC(=O)N1c2ccc(-c3ccc(CN4CCC(NCOC(C)(C)C)CC4)cc3)cc2C(NC(=O)OC(C)C)CC1C. The molecular weight excluding hydrogens is 516 g/mol. The quantitative estimate of drug-likeness (QED) is 0.383. The van der Waals surface area contributed by atoms with Crippen molar-refractivity contribution >= 4 is 17.7 Å². The standard InChI is InChI=1S/C33H48N4O4/c1-22(2)41-32(39)35-30-18-23(3)37(24(4)38)31-13-12-27(19-29(30)31)26-10-8-25(9-11-26)20-36-16-14-28(15-17-36)34-21-40-33(5,6)7/h8-13,19,22-23,28,30,34H,14-18,20-21H2,1-7H3,(H,35,39). The van der Waals surface area contributed by atoms with Crippen LogP contribution in [0.5, 0.6) is 0 Å². The van der Waals surface area contributed by atoms with Gasteiger partial charge in [-0.25, -0.2) is 4.79 Å². The molecule has 2 heterocycles. The second-order valence-electron chi connectivity index (χ2n) is 12.8. The van der Waals surface area contributed by atoms with Crippen molar-refractivity contribution in [2.75, 3.05) is 24.7 Å². The van der Waals surface area contributed by atoms with E-state index in [0.29, 0.717) is 19.2 Å². The molecule has 41 heavy (non-hydrogen) atoms. The Morgan fingerprint density at radius 2 is 1.68 bits per heavy atom. The topological polar surface area (TPSA) is 83.1 Å². The number of fused-ring (bicyclic) bond motifs is 1. The van der Waals surface area contributed by atoms with Crippen LogP contribution in [0.1, 0.15) is 84.9 Å². The average Bonchev–Trinajstić information content (AvgIpc) is 2.88. The van der Waals surface area contributed by atoms with E-state index in [4.69, 9.17) is 9.47 Å². The van der Waals surface area contributed by atoms with Crippen LogP contribution < -0.4 is 15.5 Å². The predicted molar refractivity (Wildman–Crippen MR) is 164 cm³/mol. The minimum atomic E-state index is -0.438. The number of nitrogens with one attached hydrogen (secondary N) is 2. The van der Waals surface area contributed by atoms with E-state index in [9.17, 15) is 9.59 Å². The molecule has 8 heteroatoms. The van der Waals surface area contributed by atoms with Crippen LogP contribution in [0.2, 0.25) is 0 Å². The van der Waals surface area contributed by atoms with Gasteiger partial charge in [0, 0.05) is 31.2 Å². The van der Waals surface area contributed by atoms with Crippen molar-refractivity contribution in [3.63, 3.8) is 0 Å². The third kappa shape index (κ3) is 8.53. The van der Waals surface area contributed by atoms with Gasteiger partial charge in [-0.3, -0.25) is 15.0 Å². The molecule has 2 unspecified atom stereocenters. The maximum atomic E-state index is 12.5. The second kappa shape index (κ2) is 13.4. The molecule has 2 aliphatic rings. The highest BCUT2D eigenvalue weighted by Gasteiger charge is 2.34. The lowest BCUT2D eigenvalue weighted by Gasteiger charge is -2.39. The second-order valence-corrected chi connectivity index (χ2v) is 12.8. The van der Waals surface area contributed by atoms with Crippen molar-refractivity contribution in [2.24, 2.45) is 0 Å². The maximum absolute atomic E-state index is 12.5. The summed E-state index contributed by atoms with van der Waals surface area (Å²) < 4.78 is 11.2. The molecule has 2 aromatic rings. The van der Waals surface area contributed by atoms with Crippen LogP contribution >= 0.6 is 0 Å². The van der Waals surface area contributed by atoms with Crippen molar-refractivity contribution in [3.8, 4) is 11.1 Å². The van der Waals surface area contributed by atoms with Crippen LogP contribution in [-0.4, -0.2) is 60.5 Å². The summed E-state index contributed by atoms with van der Waals surface area (Å²) in [6.07, 6.45) is 2.22. The maximum Gasteiger partial charge on any atom is 0.407 e. The summed E-state index contributed by atoms with van der Waals surface area (Å²) >= 11 is 0. The Labute approximate surface area is 245 Å². The molecule has 2 atom stereocenters. The molecule has 0 radical (unpaired) electrons. The Balaban J connectivity index is 1.42. The van der Waals surface area contributed by atoms with E-state index in [-0.39, 0.29) is 29.7 Å². The highest BCUT2D eigenvalue weighted by molar-refractivity contribution is 5.94. The van der Waals surface area contributed by atoms with Crippen molar-refractivity contribution in [3.05, 3.63) is 53.6 Å². The van der Waals surface area contributed by atoms with E-state index in [1.807, 2.05) is 31.7 Å². The average molecular weight is 565 g/mol. The Morgan fingerprint density at radius 3 is 2.29 bits per heavy atom. The van der Waals surface area contributed by atoms with Crippen molar-refractivity contribution in [1.82, 2.24) is 15.5 Å². The molecule has 0 aromatic heterocycles. The summed E-state index contributed by atoms with van der Waals surface area (Å²) in [4.78, 5) is 29.3. The lowest BCUT2D eigenvalue weighted by Crippen LogP contribution is -2.45. The summed E-state index contributed by atoms with van der Waals surface area (Å²) in [6, 6.07) is 15.1. The molecule has 2 N–H and O–H groups in total. The van der Waals surface area contributed by atoms with E-state index in [1.165, 1.54) is 5.56 Å². The molecule has 224 valence electrons. The first-order chi connectivity index (χ1) is 19.4. The molecule has 0 bridgehead atoms. The zero-order valence-corrected chi connectivity index (χ0v) is 25.8. The molecule has 4 rings (SSSR count). The number of amides is 2. The number of carbonyl (C=O) groups is 2. The Hall–Kier alpha value is -2.94. The lowest BCUT2D eigenvalue weighted by molar-refractivity contribution is -0.117. The van der Waals surface area contributed by atoms with Gasteiger partial charge >= 0.3 is 6.09 Å². The number of likely N-dealkylation sites (tertiary alicyclic amines) is 1.